The summed E-state index contributed by atoms with van der Waals surface area (Å²) in [4.78, 5) is 32.3. The van der Waals surface area contributed by atoms with Crippen molar-refractivity contribution >= 4 is 34.8 Å². The minimum absolute atomic E-state index is 0.212. The monoisotopic (exact) mass is 654 g/mol. The van der Waals surface area contributed by atoms with Crippen LogP contribution in [-0.2, 0) is 17.7 Å². The van der Waals surface area contributed by atoms with Crippen molar-refractivity contribution in [3.8, 4) is 22.4 Å². The normalized spacial score (nSPS) is 12.8. The molecule has 0 aliphatic carbocycles. The van der Waals surface area contributed by atoms with Gasteiger partial charge in [-0.1, -0.05) is 42.5 Å². The predicted octanol–water partition coefficient (Wildman–Crippen LogP) is 8.49. The zero-order chi connectivity index (χ0) is 34.1. The van der Waals surface area contributed by atoms with Gasteiger partial charge in [0.25, 0.3) is 5.91 Å². The molecular weight excluding hydrogens is 619 g/mol. The lowest BCUT2D eigenvalue weighted by Gasteiger charge is -2.31. The average Bonchev–Trinajstić information content (AvgIpc) is 3.58. The van der Waals surface area contributed by atoms with E-state index in [1.54, 1.807) is 33.8 Å². The maximum atomic E-state index is 13.4. The molecule has 0 atom stereocenters. The summed E-state index contributed by atoms with van der Waals surface area (Å²) < 4.78 is 20.6. The number of nitrogens with zero attached hydrogens (tertiary/aromatic N) is 4. The van der Waals surface area contributed by atoms with Crippen LogP contribution in [0.25, 0.3) is 27.9 Å². The van der Waals surface area contributed by atoms with Crippen LogP contribution in [0.2, 0.25) is 0 Å². The first-order valence-corrected chi connectivity index (χ1v) is 16.1. The summed E-state index contributed by atoms with van der Waals surface area (Å²) in [5.74, 6) is 0.0624. The topological polar surface area (TPSA) is 101 Å². The van der Waals surface area contributed by atoms with E-state index in [2.05, 4.69) is 15.7 Å². The van der Waals surface area contributed by atoms with Gasteiger partial charge in [0, 0.05) is 35.6 Å². The van der Waals surface area contributed by atoms with E-state index in [9.17, 15) is 14.0 Å². The Morgan fingerprint density at radius 1 is 0.796 bits per heavy atom. The van der Waals surface area contributed by atoms with E-state index in [0.29, 0.717) is 36.7 Å². The maximum Gasteiger partial charge on any atom is 0.410 e. The van der Waals surface area contributed by atoms with E-state index in [-0.39, 0.29) is 17.8 Å². The fourth-order valence-electron chi connectivity index (χ4n) is 5.78. The number of amides is 2. The van der Waals surface area contributed by atoms with Crippen LogP contribution in [0.15, 0.2) is 109 Å². The van der Waals surface area contributed by atoms with Gasteiger partial charge < -0.3 is 20.3 Å². The van der Waals surface area contributed by atoms with Gasteiger partial charge in [0.05, 0.1) is 17.4 Å². The Balaban J connectivity index is 1.02. The lowest BCUT2D eigenvalue weighted by atomic mass is 9.97. The largest absolute Gasteiger partial charge is 0.444 e. The number of carbonyl (C=O) groups excluding carboxylic acids is 2. The smallest absolute Gasteiger partial charge is 0.410 e. The molecule has 6 aromatic rings. The third-order valence-electron chi connectivity index (χ3n) is 8.27. The Hall–Kier alpha value is -6.03. The molecule has 0 radical (unpaired) electrons. The molecule has 0 fully saturated rings. The van der Waals surface area contributed by atoms with Crippen LogP contribution >= 0.6 is 0 Å². The van der Waals surface area contributed by atoms with Crippen molar-refractivity contribution in [1.29, 1.82) is 0 Å². The van der Waals surface area contributed by atoms with E-state index >= 15 is 0 Å². The summed E-state index contributed by atoms with van der Waals surface area (Å²) in [5.41, 5.74) is 7.98. The highest BCUT2D eigenvalue weighted by molar-refractivity contribution is 6.04. The summed E-state index contributed by atoms with van der Waals surface area (Å²) in [5, 5.41) is 10.8. The summed E-state index contributed by atoms with van der Waals surface area (Å²) in [6.45, 7) is 6.55. The molecule has 2 aromatic heterocycles. The molecule has 7 rings (SSSR count). The van der Waals surface area contributed by atoms with Crippen molar-refractivity contribution in [2.75, 3.05) is 17.2 Å². The molecule has 10 heteroatoms. The minimum Gasteiger partial charge on any atom is -0.444 e. The SMILES string of the molecule is CC(C)(C)OC(=O)N1CCc2cc(C(=O)Nc3ccc(Nc4nc(-c5ccc(-c6ccc(F)cc6)cc5)cc5ccnn45)cc3)ccc2C1. The predicted molar refractivity (Wildman–Crippen MR) is 188 cm³/mol. The number of anilines is 3. The van der Waals surface area contributed by atoms with E-state index in [1.165, 1.54) is 12.1 Å². The molecule has 1 aliphatic rings. The zero-order valence-electron chi connectivity index (χ0n) is 27.4. The first-order chi connectivity index (χ1) is 23.6. The van der Waals surface area contributed by atoms with Crippen LogP contribution in [0.4, 0.5) is 26.5 Å². The van der Waals surface area contributed by atoms with Gasteiger partial charge >= 0.3 is 6.09 Å². The third kappa shape index (κ3) is 7.13. The van der Waals surface area contributed by atoms with Gasteiger partial charge in [-0.3, -0.25) is 4.79 Å². The Labute approximate surface area is 283 Å². The number of hydrogen-bond acceptors (Lipinski definition) is 6. The fraction of sp³-hybridized carbons (Fsp3) is 0.179. The number of carbonyl (C=O) groups is 2. The second-order valence-electron chi connectivity index (χ2n) is 13.0. The molecule has 9 nitrogen and oxygen atoms in total. The van der Waals surface area contributed by atoms with E-state index < -0.39 is 5.60 Å². The average molecular weight is 655 g/mol. The van der Waals surface area contributed by atoms with Crippen molar-refractivity contribution in [1.82, 2.24) is 19.5 Å². The van der Waals surface area contributed by atoms with Crippen molar-refractivity contribution in [2.45, 2.75) is 39.3 Å². The van der Waals surface area contributed by atoms with E-state index in [1.807, 2.05) is 93.6 Å². The van der Waals surface area contributed by atoms with Crippen LogP contribution < -0.4 is 10.6 Å². The van der Waals surface area contributed by atoms with Crippen LogP contribution in [0.3, 0.4) is 0 Å². The number of rotatable bonds is 6. The van der Waals surface area contributed by atoms with Crippen molar-refractivity contribution in [3.05, 3.63) is 132 Å². The highest BCUT2D eigenvalue weighted by Crippen LogP contribution is 2.28. The van der Waals surface area contributed by atoms with Crippen LogP contribution in [0, 0.1) is 5.82 Å². The third-order valence-corrected chi connectivity index (χ3v) is 8.27. The van der Waals surface area contributed by atoms with Crippen LogP contribution in [-0.4, -0.2) is 43.6 Å². The Morgan fingerprint density at radius 3 is 2.18 bits per heavy atom. The molecule has 246 valence electrons. The Morgan fingerprint density at radius 2 is 1.47 bits per heavy atom. The molecule has 0 unspecified atom stereocenters. The van der Waals surface area contributed by atoms with Gasteiger partial charge in [0.15, 0.2) is 0 Å². The molecule has 0 saturated carbocycles. The molecule has 2 amide bonds. The first kappa shape index (κ1) is 31.6. The van der Waals surface area contributed by atoms with Gasteiger partial charge in [0.1, 0.15) is 11.4 Å². The Bertz CT molecular complexity index is 2150. The zero-order valence-corrected chi connectivity index (χ0v) is 27.4. The molecule has 4 aromatic carbocycles. The molecule has 49 heavy (non-hydrogen) atoms. The summed E-state index contributed by atoms with van der Waals surface area (Å²) >= 11 is 0. The van der Waals surface area contributed by atoms with Gasteiger partial charge in [0.2, 0.25) is 5.95 Å². The van der Waals surface area contributed by atoms with Crippen molar-refractivity contribution in [2.24, 2.45) is 0 Å². The molecule has 3 heterocycles. The number of aromatic nitrogens is 3. The number of nitrogens with one attached hydrogen (secondary N) is 2. The van der Waals surface area contributed by atoms with Crippen LogP contribution in [0.1, 0.15) is 42.3 Å². The number of fused-ring (bicyclic) bond motifs is 2. The van der Waals surface area contributed by atoms with Gasteiger partial charge in [-0.15, -0.1) is 0 Å². The van der Waals surface area contributed by atoms with Gasteiger partial charge in [-0.25, -0.2) is 18.7 Å². The highest BCUT2D eigenvalue weighted by Gasteiger charge is 2.26. The molecule has 1 aliphatic heterocycles. The van der Waals surface area contributed by atoms with Crippen molar-refractivity contribution in [3.63, 3.8) is 0 Å². The Kier molecular flexibility index (Phi) is 8.29. The highest BCUT2D eigenvalue weighted by atomic mass is 19.1. The van der Waals surface area contributed by atoms with Crippen molar-refractivity contribution < 1.29 is 18.7 Å². The number of hydrogen-bond donors (Lipinski definition) is 2. The quantitative estimate of drug-likeness (QED) is 0.187. The second-order valence-corrected chi connectivity index (χ2v) is 13.0. The molecule has 2 N–H and O–H groups in total. The number of benzene rings is 4. The molecule has 0 bridgehead atoms. The summed E-state index contributed by atoms with van der Waals surface area (Å²) in [6.07, 6.45) is 2.04. The number of halogens is 1. The van der Waals surface area contributed by atoms with Crippen LogP contribution in [0.5, 0.6) is 0 Å². The van der Waals surface area contributed by atoms with Gasteiger partial charge in [-0.2, -0.15) is 5.10 Å². The fourth-order valence-corrected chi connectivity index (χ4v) is 5.78. The lowest BCUT2D eigenvalue weighted by Crippen LogP contribution is -2.39. The number of ether oxygens (including phenoxy) is 1. The van der Waals surface area contributed by atoms with Gasteiger partial charge in [-0.05, 0) is 110 Å². The first-order valence-electron chi connectivity index (χ1n) is 16.1. The van der Waals surface area contributed by atoms with E-state index in [0.717, 1.165) is 44.7 Å². The second kappa shape index (κ2) is 12.9. The van der Waals surface area contributed by atoms with E-state index in [4.69, 9.17) is 9.72 Å². The molecule has 0 spiro atoms. The molecule has 0 saturated heterocycles. The maximum absolute atomic E-state index is 13.4. The summed E-state index contributed by atoms with van der Waals surface area (Å²) in [6, 6.07) is 31.3. The summed E-state index contributed by atoms with van der Waals surface area (Å²) in [7, 11) is 0. The standard InChI is InChI=1S/C39H35FN6O3/c1-39(2,3)49-38(48)45-21-19-28-22-29(8-9-30(28)24-45)36(47)42-32-14-16-33(17-15-32)43-37-44-35(23-34-18-20-41-46(34)37)27-6-4-25(5-7-27)26-10-12-31(40)13-11-26/h4-18,20,22-23H,19,21,24H2,1-3H3,(H,42,47)(H,43,44). The lowest BCUT2D eigenvalue weighted by molar-refractivity contribution is 0.0223. The molecular formula is C39H35FN6O3. The minimum atomic E-state index is -0.551.